The smallest absolute Gasteiger partial charge is 0.331 e. The van der Waals surface area contributed by atoms with Gasteiger partial charge in [0.15, 0.2) is 6.61 Å². The van der Waals surface area contributed by atoms with Gasteiger partial charge in [-0.3, -0.25) is 4.79 Å². The molecule has 2 aromatic carbocycles. The molecule has 5 nitrogen and oxygen atoms in total. The second-order valence-corrected chi connectivity index (χ2v) is 5.97. The highest BCUT2D eigenvalue weighted by Crippen LogP contribution is 2.23. The lowest BCUT2D eigenvalue weighted by Gasteiger charge is -2.11. The van der Waals surface area contributed by atoms with Gasteiger partial charge in [0.05, 0.1) is 6.04 Å². The summed E-state index contributed by atoms with van der Waals surface area (Å²) in [5.41, 5.74) is 1.39. The van der Waals surface area contributed by atoms with Crippen LogP contribution in [0.15, 0.2) is 65.1 Å². The number of halogens is 1. The number of hydrogen-bond acceptors (Lipinski definition) is 4. The minimum absolute atomic E-state index is 0.357. The van der Waals surface area contributed by atoms with Gasteiger partial charge in [-0.25, -0.2) is 9.18 Å². The third-order valence-corrected chi connectivity index (χ3v) is 3.88. The first-order valence-electron chi connectivity index (χ1n) is 8.39. The number of carbonyl (C=O) groups excluding carboxylic acids is 2. The Bertz CT molecular complexity index is 942. The van der Waals surface area contributed by atoms with E-state index < -0.39 is 18.5 Å². The van der Waals surface area contributed by atoms with Gasteiger partial charge in [-0.05, 0) is 42.8 Å². The van der Waals surface area contributed by atoms with E-state index in [-0.39, 0.29) is 11.9 Å². The molecule has 1 amide bonds. The van der Waals surface area contributed by atoms with E-state index in [9.17, 15) is 14.0 Å². The van der Waals surface area contributed by atoms with E-state index >= 15 is 0 Å². The van der Waals surface area contributed by atoms with Crippen molar-refractivity contribution < 1.29 is 23.1 Å². The predicted molar refractivity (Wildman–Crippen MR) is 99.2 cm³/mol. The summed E-state index contributed by atoms with van der Waals surface area (Å²) in [5.74, 6) is -0.839. The number of para-hydroxylation sites is 1. The quantitative estimate of drug-likeness (QED) is 0.528. The fourth-order valence-electron chi connectivity index (χ4n) is 2.49. The first kappa shape index (κ1) is 18.4. The zero-order chi connectivity index (χ0) is 19.2. The molecule has 0 aliphatic rings. The molecular weight excluding hydrogens is 349 g/mol. The second kappa shape index (κ2) is 8.31. The fourth-order valence-corrected chi connectivity index (χ4v) is 2.49. The van der Waals surface area contributed by atoms with Crippen LogP contribution in [-0.2, 0) is 14.3 Å². The second-order valence-electron chi connectivity index (χ2n) is 5.97. The van der Waals surface area contributed by atoms with Gasteiger partial charge in [-0.15, -0.1) is 0 Å². The predicted octanol–water partition coefficient (Wildman–Crippen LogP) is 4.01. The standard InChI is InChI=1S/C21H18FNO4/c1-14(19-12-16-4-2-3-5-18(16)27-19)23-20(24)13-26-21(25)11-8-15-6-9-17(22)10-7-15/h2-12,14H,13H2,1H3,(H,23,24)/b11-8+/t14-/m1/s1. The van der Waals surface area contributed by atoms with E-state index in [4.69, 9.17) is 9.15 Å². The van der Waals surface area contributed by atoms with Crippen LogP contribution < -0.4 is 5.32 Å². The van der Waals surface area contributed by atoms with E-state index in [2.05, 4.69) is 5.32 Å². The third-order valence-electron chi connectivity index (χ3n) is 3.88. The van der Waals surface area contributed by atoms with Crippen molar-refractivity contribution in [2.45, 2.75) is 13.0 Å². The normalized spacial score (nSPS) is 12.2. The van der Waals surface area contributed by atoms with Crippen LogP contribution in [0.4, 0.5) is 4.39 Å². The van der Waals surface area contributed by atoms with Gasteiger partial charge >= 0.3 is 5.97 Å². The lowest BCUT2D eigenvalue weighted by molar-refractivity contribution is -0.144. The van der Waals surface area contributed by atoms with Gasteiger partial charge in [-0.2, -0.15) is 0 Å². The molecule has 0 bridgehead atoms. The molecule has 0 fully saturated rings. The summed E-state index contributed by atoms with van der Waals surface area (Å²) in [6.45, 7) is 1.38. The largest absolute Gasteiger partial charge is 0.459 e. The number of esters is 1. The van der Waals surface area contributed by atoms with E-state index in [1.165, 1.54) is 36.4 Å². The molecule has 3 aromatic rings. The number of fused-ring (bicyclic) bond motifs is 1. The molecule has 1 atom stereocenters. The molecule has 0 aliphatic heterocycles. The molecule has 0 saturated carbocycles. The van der Waals surface area contributed by atoms with E-state index in [0.717, 1.165) is 11.0 Å². The molecule has 0 radical (unpaired) electrons. The van der Waals surface area contributed by atoms with Gasteiger partial charge in [-0.1, -0.05) is 30.3 Å². The first-order chi connectivity index (χ1) is 13.0. The average molecular weight is 367 g/mol. The summed E-state index contributed by atoms with van der Waals surface area (Å²) in [5, 5.41) is 3.67. The molecule has 0 saturated heterocycles. The Morgan fingerprint density at radius 1 is 1.19 bits per heavy atom. The molecule has 3 rings (SSSR count). The number of benzene rings is 2. The topological polar surface area (TPSA) is 68.5 Å². The Kier molecular flexibility index (Phi) is 5.66. The van der Waals surface area contributed by atoms with Crippen LogP contribution >= 0.6 is 0 Å². The van der Waals surface area contributed by atoms with Crippen LogP contribution in [0.3, 0.4) is 0 Å². The number of rotatable bonds is 6. The number of furan rings is 1. The van der Waals surface area contributed by atoms with Crippen LogP contribution in [0.1, 0.15) is 24.3 Å². The lowest BCUT2D eigenvalue weighted by Crippen LogP contribution is -2.30. The molecule has 0 aliphatic carbocycles. The van der Waals surface area contributed by atoms with Crippen LogP contribution in [-0.4, -0.2) is 18.5 Å². The maximum atomic E-state index is 12.8. The number of hydrogen-bond donors (Lipinski definition) is 1. The average Bonchev–Trinajstić information content (AvgIpc) is 3.10. The van der Waals surface area contributed by atoms with E-state index in [1.54, 1.807) is 6.92 Å². The van der Waals surface area contributed by atoms with Crippen LogP contribution in [0.2, 0.25) is 0 Å². The maximum absolute atomic E-state index is 12.8. The van der Waals surface area contributed by atoms with Crippen LogP contribution in [0.5, 0.6) is 0 Å². The zero-order valence-electron chi connectivity index (χ0n) is 14.6. The van der Waals surface area contributed by atoms with Crippen molar-refractivity contribution in [2.24, 2.45) is 0 Å². The molecular formula is C21H18FNO4. The molecule has 1 aromatic heterocycles. The SMILES string of the molecule is C[C@@H](NC(=O)COC(=O)/C=C/c1ccc(F)cc1)c1cc2ccccc2o1. The summed E-state index contributed by atoms with van der Waals surface area (Å²) in [4.78, 5) is 23.6. The highest BCUT2D eigenvalue weighted by molar-refractivity contribution is 5.89. The van der Waals surface area contributed by atoms with Crippen LogP contribution in [0, 0.1) is 5.82 Å². The lowest BCUT2D eigenvalue weighted by atomic mass is 10.2. The van der Waals surface area contributed by atoms with Crippen LogP contribution in [0.25, 0.3) is 17.0 Å². The summed E-state index contributed by atoms with van der Waals surface area (Å²) in [6, 6.07) is 14.7. The Morgan fingerprint density at radius 2 is 1.93 bits per heavy atom. The Balaban J connectivity index is 1.48. The Labute approximate surface area is 155 Å². The highest BCUT2D eigenvalue weighted by Gasteiger charge is 2.15. The monoisotopic (exact) mass is 367 g/mol. The number of nitrogens with one attached hydrogen (secondary N) is 1. The van der Waals surface area contributed by atoms with Crippen molar-refractivity contribution in [2.75, 3.05) is 6.61 Å². The number of ether oxygens (including phenoxy) is 1. The summed E-state index contributed by atoms with van der Waals surface area (Å²) in [6.07, 6.45) is 2.67. The number of carbonyl (C=O) groups is 2. The summed E-state index contributed by atoms with van der Waals surface area (Å²) >= 11 is 0. The summed E-state index contributed by atoms with van der Waals surface area (Å²) < 4.78 is 23.4. The molecule has 1 heterocycles. The van der Waals surface area contributed by atoms with Crippen molar-refractivity contribution in [3.63, 3.8) is 0 Å². The van der Waals surface area contributed by atoms with Gasteiger partial charge in [0.2, 0.25) is 0 Å². The Morgan fingerprint density at radius 3 is 2.67 bits per heavy atom. The third kappa shape index (κ3) is 5.04. The minimum Gasteiger partial charge on any atom is -0.459 e. The van der Waals surface area contributed by atoms with Gasteiger partial charge in [0.25, 0.3) is 5.91 Å². The van der Waals surface area contributed by atoms with Crippen molar-refractivity contribution in [1.82, 2.24) is 5.32 Å². The first-order valence-corrected chi connectivity index (χ1v) is 8.39. The number of amides is 1. The van der Waals surface area contributed by atoms with Gasteiger partial charge < -0.3 is 14.5 Å². The molecule has 0 spiro atoms. The molecule has 0 unspecified atom stereocenters. The van der Waals surface area contributed by atoms with E-state index in [0.29, 0.717) is 11.3 Å². The zero-order valence-corrected chi connectivity index (χ0v) is 14.6. The van der Waals surface area contributed by atoms with Gasteiger partial charge in [0, 0.05) is 11.5 Å². The van der Waals surface area contributed by atoms with Crippen molar-refractivity contribution in [1.29, 1.82) is 0 Å². The minimum atomic E-state index is -0.661. The van der Waals surface area contributed by atoms with Crippen molar-refractivity contribution in [3.8, 4) is 0 Å². The summed E-state index contributed by atoms with van der Waals surface area (Å²) in [7, 11) is 0. The van der Waals surface area contributed by atoms with Crippen molar-refractivity contribution >= 4 is 28.9 Å². The van der Waals surface area contributed by atoms with E-state index in [1.807, 2.05) is 30.3 Å². The highest BCUT2D eigenvalue weighted by atomic mass is 19.1. The fraction of sp³-hybridized carbons (Fsp3) is 0.143. The molecule has 6 heteroatoms. The van der Waals surface area contributed by atoms with Crippen molar-refractivity contribution in [3.05, 3.63) is 77.8 Å². The maximum Gasteiger partial charge on any atom is 0.331 e. The Hall–Kier alpha value is -3.41. The molecule has 1 N–H and O–H groups in total. The van der Waals surface area contributed by atoms with Gasteiger partial charge in [0.1, 0.15) is 17.2 Å². The molecule has 138 valence electrons. The molecule has 27 heavy (non-hydrogen) atoms.